The van der Waals surface area contributed by atoms with Crippen LogP contribution in [0.15, 0.2) is 54.6 Å². The lowest BCUT2D eigenvalue weighted by molar-refractivity contribution is -0.152. The number of hydrogen-bond acceptors (Lipinski definition) is 3. The SMILES string of the molecule is COC(OC)C1CCCC2(C)c3ccccc3N(Cc3ccccc3)C12. The van der Waals surface area contributed by atoms with Crippen LogP contribution in [0.1, 0.15) is 37.3 Å². The van der Waals surface area contributed by atoms with Crippen molar-refractivity contribution in [2.24, 2.45) is 5.92 Å². The average molecular weight is 351 g/mol. The fraction of sp³-hybridized carbons (Fsp3) is 0.478. The minimum atomic E-state index is -0.160. The van der Waals surface area contributed by atoms with Gasteiger partial charge in [0.25, 0.3) is 0 Å². The van der Waals surface area contributed by atoms with Crippen molar-refractivity contribution >= 4 is 5.69 Å². The van der Waals surface area contributed by atoms with E-state index in [1.165, 1.54) is 29.7 Å². The minimum absolute atomic E-state index is 0.142. The highest BCUT2D eigenvalue weighted by Gasteiger charge is 2.54. The second-order valence-electron chi connectivity index (χ2n) is 7.89. The third-order valence-corrected chi connectivity index (χ3v) is 6.47. The van der Waals surface area contributed by atoms with Crippen LogP contribution in [0, 0.1) is 5.92 Å². The summed E-state index contributed by atoms with van der Waals surface area (Å²) < 4.78 is 11.5. The summed E-state index contributed by atoms with van der Waals surface area (Å²) in [6, 6.07) is 20.1. The molecule has 3 nitrogen and oxygen atoms in total. The number of hydrogen-bond donors (Lipinski definition) is 0. The van der Waals surface area contributed by atoms with E-state index < -0.39 is 0 Å². The van der Waals surface area contributed by atoms with E-state index in [-0.39, 0.29) is 11.7 Å². The van der Waals surface area contributed by atoms with Crippen molar-refractivity contribution in [3.05, 3.63) is 65.7 Å². The molecular weight excluding hydrogens is 322 g/mol. The van der Waals surface area contributed by atoms with Crippen LogP contribution in [0.25, 0.3) is 0 Å². The Morgan fingerprint density at radius 2 is 1.73 bits per heavy atom. The van der Waals surface area contributed by atoms with Crippen molar-refractivity contribution < 1.29 is 9.47 Å². The van der Waals surface area contributed by atoms with E-state index in [0.29, 0.717) is 12.0 Å². The molecule has 0 aromatic heterocycles. The number of anilines is 1. The monoisotopic (exact) mass is 351 g/mol. The maximum atomic E-state index is 5.74. The first-order valence-corrected chi connectivity index (χ1v) is 9.64. The molecule has 1 saturated carbocycles. The molecule has 0 bridgehead atoms. The number of nitrogens with zero attached hydrogens (tertiary/aromatic N) is 1. The van der Waals surface area contributed by atoms with Crippen molar-refractivity contribution in [3.8, 4) is 0 Å². The smallest absolute Gasteiger partial charge is 0.161 e. The van der Waals surface area contributed by atoms with Crippen LogP contribution in [0.3, 0.4) is 0 Å². The summed E-state index contributed by atoms with van der Waals surface area (Å²) in [4.78, 5) is 2.61. The van der Waals surface area contributed by atoms with Crippen molar-refractivity contribution in [3.63, 3.8) is 0 Å². The van der Waals surface area contributed by atoms with E-state index in [1.54, 1.807) is 14.2 Å². The van der Waals surface area contributed by atoms with Crippen molar-refractivity contribution in [1.82, 2.24) is 0 Å². The molecule has 0 saturated heterocycles. The van der Waals surface area contributed by atoms with Crippen LogP contribution in [0.2, 0.25) is 0 Å². The zero-order chi connectivity index (χ0) is 18.1. The van der Waals surface area contributed by atoms with Crippen molar-refractivity contribution in [1.29, 1.82) is 0 Å². The molecule has 3 heteroatoms. The Kier molecular flexibility index (Phi) is 4.76. The van der Waals surface area contributed by atoms with E-state index in [2.05, 4.69) is 66.4 Å². The first kappa shape index (κ1) is 17.6. The molecule has 4 rings (SSSR count). The molecule has 1 fully saturated rings. The Morgan fingerprint density at radius 1 is 1.04 bits per heavy atom. The van der Waals surface area contributed by atoms with Crippen molar-refractivity contribution in [2.75, 3.05) is 19.1 Å². The van der Waals surface area contributed by atoms with E-state index in [4.69, 9.17) is 9.47 Å². The zero-order valence-electron chi connectivity index (χ0n) is 16.0. The first-order chi connectivity index (χ1) is 12.7. The lowest BCUT2D eigenvalue weighted by Gasteiger charge is -2.47. The molecule has 1 aliphatic heterocycles. The van der Waals surface area contributed by atoms with Gasteiger partial charge in [-0.2, -0.15) is 0 Å². The number of fused-ring (bicyclic) bond motifs is 3. The van der Waals surface area contributed by atoms with E-state index in [1.807, 2.05) is 0 Å². The maximum absolute atomic E-state index is 5.74. The standard InChI is InChI=1S/C23H29NO2/c1-23-15-9-12-18(22(25-2)26-3)21(23)24(16-17-10-5-4-6-11-17)20-14-8-7-13-19(20)23/h4-8,10-11,13-14,18,21-22H,9,12,15-16H2,1-3H3. The van der Waals surface area contributed by atoms with Crippen LogP contribution in [0.5, 0.6) is 0 Å². The summed E-state index contributed by atoms with van der Waals surface area (Å²) in [5.74, 6) is 0.361. The number of para-hydroxylation sites is 1. The van der Waals surface area contributed by atoms with Gasteiger partial charge >= 0.3 is 0 Å². The van der Waals surface area contributed by atoms with Gasteiger partial charge in [0.1, 0.15) is 0 Å². The molecule has 0 amide bonds. The predicted molar refractivity (Wildman–Crippen MR) is 105 cm³/mol. The summed E-state index contributed by atoms with van der Waals surface area (Å²) >= 11 is 0. The van der Waals surface area contributed by atoms with Gasteiger partial charge in [0.2, 0.25) is 0 Å². The molecule has 26 heavy (non-hydrogen) atoms. The Bertz CT molecular complexity index is 743. The van der Waals surface area contributed by atoms with Gasteiger partial charge in [0.15, 0.2) is 6.29 Å². The van der Waals surface area contributed by atoms with E-state index in [0.717, 1.165) is 13.0 Å². The molecule has 2 aromatic rings. The Morgan fingerprint density at radius 3 is 2.46 bits per heavy atom. The molecule has 1 heterocycles. The first-order valence-electron chi connectivity index (χ1n) is 9.64. The van der Waals surface area contributed by atoms with Crippen LogP contribution in [-0.4, -0.2) is 26.6 Å². The second kappa shape index (κ2) is 7.05. The van der Waals surface area contributed by atoms with E-state index >= 15 is 0 Å². The molecule has 2 aliphatic rings. The topological polar surface area (TPSA) is 21.7 Å². The van der Waals surface area contributed by atoms with Gasteiger partial charge in [-0.1, -0.05) is 61.9 Å². The molecule has 3 unspecified atom stereocenters. The molecule has 0 N–H and O–H groups in total. The van der Waals surface area contributed by atoms with Gasteiger partial charge in [-0.05, 0) is 30.0 Å². The van der Waals surface area contributed by atoms with Gasteiger partial charge in [-0.25, -0.2) is 0 Å². The fourth-order valence-electron chi connectivity index (χ4n) is 5.40. The minimum Gasteiger partial charge on any atom is -0.363 e. The number of benzene rings is 2. The average Bonchev–Trinajstić information content (AvgIpc) is 2.93. The second-order valence-corrected chi connectivity index (χ2v) is 7.89. The zero-order valence-corrected chi connectivity index (χ0v) is 16.0. The summed E-state index contributed by atoms with van der Waals surface area (Å²) in [6.45, 7) is 3.37. The summed E-state index contributed by atoms with van der Waals surface area (Å²) in [7, 11) is 3.54. The number of methoxy groups -OCH3 is 2. The third kappa shape index (κ3) is 2.74. The normalized spacial score (nSPS) is 27.5. The quantitative estimate of drug-likeness (QED) is 0.726. The van der Waals surface area contributed by atoms with Crippen LogP contribution < -0.4 is 4.90 Å². The maximum Gasteiger partial charge on any atom is 0.161 e. The molecular formula is C23H29NO2. The highest BCUT2D eigenvalue weighted by atomic mass is 16.7. The Balaban J connectivity index is 1.79. The third-order valence-electron chi connectivity index (χ3n) is 6.47. The Labute approximate surface area is 156 Å². The lowest BCUT2D eigenvalue weighted by Crippen LogP contribution is -2.54. The predicted octanol–water partition coefficient (Wildman–Crippen LogP) is 4.75. The molecule has 2 aromatic carbocycles. The van der Waals surface area contributed by atoms with E-state index in [9.17, 15) is 0 Å². The Hall–Kier alpha value is -1.84. The van der Waals surface area contributed by atoms with Gasteiger partial charge in [0.05, 0.1) is 0 Å². The molecule has 3 atom stereocenters. The largest absolute Gasteiger partial charge is 0.363 e. The van der Waals surface area contributed by atoms with Gasteiger partial charge in [-0.3, -0.25) is 0 Å². The number of ether oxygens (including phenoxy) is 2. The summed E-state index contributed by atoms with van der Waals surface area (Å²) in [5, 5.41) is 0. The molecule has 138 valence electrons. The molecule has 0 spiro atoms. The van der Waals surface area contributed by atoms with Crippen LogP contribution in [0.4, 0.5) is 5.69 Å². The summed E-state index contributed by atoms with van der Waals surface area (Å²) in [6.07, 6.45) is 3.42. The van der Waals surface area contributed by atoms with Gasteiger partial charge < -0.3 is 14.4 Å². The fourth-order valence-corrected chi connectivity index (χ4v) is 5.40. The van der Waals surface area contributed by atoms with Crippen LogP contribution >= 0.6 is 0 Å². The van der Waals surface area contributed by atoms with Crippen LogP contribution in [-0.2, 0) is 21.4 Å². The highest BCUT2D eigenvalue weighted by molar-refractivity contribution is 5.65. The van der Waals surface area contributed by atoms with Crippen molar-refractivity contribution in [2.45, 2.75) is 50.5 Å². The van der Waals surface area contributed by atoms with Gasteiger partial charge in [0, 0.05) is 43.8 Å². The molecule has 1 aliphatic carbocycles. The highest BCUT2D eigenvalue weighted by Crippen LogP contribution is 2.55. The lowest BCUT2D eigenvalue weighted by atomic mass is 9.65. The van der Waals surface area contributed by atoms with Gasteiger partial charge in [-0.15, -0.1) is 0 Å². The number of rotatable bonds is 5. The summed E-state index contributed by atoms with van der Waals surface area (Å²) in [5.41, 5.74) is 4.35. The molecule has 0 radical (unpaired) electrons.